The molecule has 1 amide bonds. The first kappa shape index (κ1) is 20.0. The summed E-state index contributed by atoms with van der Waals surface area (Å²) >= 11 is 1.44. The highest BCUT2D eigenvalue weighted by molar-refractivity contribution is 7.17. The lowest BCUT2D eigenvalue weighted by Gasteiger charge is -2.16. The number of nitrogens with zero attached hydrogens (tertiary/aromatic N) is 2. The van der Waals surface area contributed by atoms with Gasteiger partial charge in [-0.05, 0) is 29.5 Å². The van der Waals surface area contributed by atoms with E-state index in [1.807, 2.05) is 60.8 Å². The van der Waals surface area contributed by atoms with Gasteiger partial charge in [0.25, 0.3) is 5.56 Å². The molecule has 0 aliphatic rings. The molecule has 0 aliphatic carbocycles. The summed E-state index contributed by atoms with van der Waals surface area (Å²) < 4.78 is 1.38. The Hall–Kier alpha value is -3.25. The Labute approximate surface area is 179 Å². The van der Waals surface area contributed by atoms with Crippen molar-refractivity contribution in [2.45, 2.75) is 33.2 Å². The standard InChI is InChI=1S/C24H23N3O2S/c1-15(2)18-11-7-8-16(3)22(18)26-20(28)12-27-14-25-23-21(24(27)29)19(13-30-23)17-9-5-4-6-10-17/h4-11,13-15H,12H2,1-3H3,(H,26,28). The number of fused-ring (bicyclic) bond motifs is 1. The van der Waals surface area contributed by atoms with Gasteiger partial charge < -0.3 is 5.32 Å². The second-order valence-electron chi connectivity index (χ2n) is 7.62. The molecule has 4 aromatic rings. The van der Waals surface area contributed by atoms with E-state index in [1.165, 1.54) is 22.2 Å². The molecular formula is C24H23N3O2S. The smallest absolute Gasteiger partial charge is 0.263 e. The molecule has 2 aromatic carbocycles. The fourth-order valence-corrected chi connectivity index (χ4v) is 4.49. The van der Waals surface area contributed by atoms with Crippen molar-refractivity contribution in [1.82, 2.24) is 9.55 Å². The van der Waals surface area contributed by atoms with Gasteiger partial charge in [0.1, 0.15) is 11.4 Å². The molecular weight excluding hydrogens is 394 g/mol. The maximum atomic E-state index is 13.2. The summed E-state index contributed by atoms with van der Waals surface area (Å²) in [6, 6.07) is 15.7. The van der Waals surface area contributed by atoms with Crippen LogP contribution in [0.5, 0.6) is 0 Å². The van der Waals surface area contributed by atoms with Crippen molar-refractivity contribution in [1.29, 1.82) is 0 Å². The van der Waals surface area contributed by atoms with Gasteiger partial charge in [-0.1, -0.05) is 62.4 Å². The van der Waals surface area contributed by atoms with Crippen LogP contribution in [0.15, 0.2) is 65.0 Å². The molecule has 0 atom stereocenters. The molecule has 0 spiro atoms. The molecule has 1 N–H and O–H groups in total. The molecule has 2 heterocycles. The Morgan fingerprint density at radius 1 is 1.13 bits per heavy atom. The number of amides is 1. The quantitative estimate of drug-likeness (QED) is 0.486. The fourth-order valence-electron chi connectivity index (χ4n) is 3.59. The van der Waals surface area contributed by atoms with Gasteiger partial charge >= 0.3 is 0 Å². The SMILES string of the molecule is Cc1cccc(C(C)C)c1NC(=O)Cn1cnc2scc(-c3ccccc3)c2c1=O. The van der Waals surface area contributed by atoms with Gasteiger partial charge in [0.05, 0.1) is 11.7 Å². The third kappa shape index (κ3) is 3.78. The molecule has 0 aliphatic heterocycles. The van der Waals surface area contributed by atoms with Crippen LogP contribution in [0.3, 0.4) is 0 Å². The number of carbonyl (C=O) groups excluding carboxylic acids is 1. The number of hydrogen-bond donors (Lipinski definition) is 1. The highest BCUT2D eigenvalue weighted by atomic mass is 32.1. The van der Waals surface area contributed by atoms with Crippen LogP contribution in [0, 0.1) is 6.92 Å². The van der Waals surface area contributed by atoms with Crippen LogP contribution < -0.4 is 10.9 Å². The topological polar surface area (TPSA) is 64.0 Å². The molecule has 0 saturated heterocycles. The number of benzene rings is 2. The van der Waals surface area contributed by atoms with E-state index in [4.69, 9.17) is 0 Å². The lowest BCUT2D eigenvalue weighted by Crippen LogP contribution is -2.28. The summed E-state index contributed by atoms with van der Waals surface area (Å²) in [7, 11) is 0. The van der Waals surface area contributed by atoms with E-state index in [0.29, 0.717) is 10.2 Å². The Morgan fingerprint density at radius 2 is 1.90 bits per heavy atom. The average Bonchev–Trinajstić information content (AvgIpc) is 3.17. The lowest BCUT2D eigenvalue weighted by molar-refractivity contribution is -0.116. The van der Waals surface area contributed by atoms with Crippen LogP contribution in [-0.2, 0) is 11.3 Å². The molecule has 5 nitrogen and oxygen atoms in total. The van der Waals surface area contributed by atoms with Gasteiger partial charge in [-0.15, -0.1) is 11.3 Å². The Balaban J connectivity index is 1.66. The van der Waals surface area contributed by atoms with Crippen LogP contribution in [0.2, 0.25) is 0 Å². The van der Waals surface area contributed by atoms with Crippen molar-refractivity contribution < 1.29 is 4.79 Å². The van der Waals surface area contributed by atoms with E-state index in [2.05, 4.69) is 24.1 Å². The number of para-hydroxylation sites is 1. The second kappa shape index (κ2) is 8.24. The monoisotopic (exact) mass is 417 g/mol. The number of carbonyl (C=O) groups is 1. The van der Waals surface area contributed by atoms with Crippen LogP contribution >= 0.6 is 11.3 Å². The number of aryl methyl sites for hydroxylation is 1. The van der Waals surface area contributed by atoms with Crippen LogP contribution in [0.4, 0.5) is 5.69 Å². The lowest BCUT2D eigenvalue weighted by atomic mass is 9.98. The second-order valence-corrected chi connectivity index (χ2v) is 8.47. The Bertz CT molecular complexity index is 1270. The first-order valence-electron chi connectivity index (χ1n) is 9.87. The summed E-state index contributed by atoms with van der Waals surface area (Å²) in [6.07, 6.45) is 1.46. The number of thiophene rings is 1. The van der Waals surface area contributed by atoms with Crippen molar-refractivity contribution >= 4 is 33.1 Å². The number of aromatic nitrogens is 2. The minimum absolute atomic E-state index is 0.0856. The van der Waals surface area contributed by atoms with Crippen LogP contribution in [0.1, 0.15) is 30.9 Å². The number of nitrogens with one attached hydrogen (secondary N) is 1. The van der Waals surface area contributed by atoms with E-state index in [1.54, 1.807) is 0 Å². The predicted molar refractivity (Wildman–Crippen MR) is 123 cm³/mol. The van der Waals surface area contributed by atoms with E-state index in [9.17, 15) is 9.59 Å². The van der Waals surface area contributed by atoms with E-state index in [0.717, 1.165) is 27.9 Å². The van der Waals surface area contributed by atoms with Crippen molar-refractivity contribution in [2.24, 2.45) is 0 Å². The van der Waals surface area contributed by atoms with Gasteiger partial charge in [-0.25, -0.2) is 4.98 Å². The normalized spacial score (nSPS) is 11.2. The van der Waals surface area contributed by atoms with Crippen LogP contribution in [-0.4, -0.2) is 15.5 Å². The molecule has 30 heavy (non-hydrogen) atoms. The summed E-state index contributed by atoms with van der Waals surface area (Å²) in [4.78, 5) is 31.0. The van der Waals surface area contributed by atoms with Gasteiger partial charge in [0.2, 0.25) is 5.91 Å². The first-order valence-corrected chi connectivity index (χ1v) is 10.7. The average molecular weight is 418 g/mol. The number of hydrogen-bond acceptors (Lipinski definition) is 4. The minimum atomic E-state index is -0.244. The summed E-state index contributed by atoms with van der Waals surface area (Å²) in [5.74, 6) is 0.0334. The molecule has 4 rings (SSSR count). The zero-order chi connectivity index (χ0) is 21.3. The molecule has 0 bridgehead atoms. The van der Waals surface area contributed by atoms with Crippen molar-refractivity contribution in [3.8, 4) is 11.1 Å². The third-order valence-electron chi connectivity index (χ3n) is 5.15. The molecule has 0 unspecified atom stereocenters. The van der Waals surface area contributed by atoms with E-state index in [-0.39, 0.29) is 23.9 Å². The Morgan fingerprint density at radius 3 is 2.63 bits per heavy atom. The maximum Gasteiger partial charge on any atom is 0.263 e. The van der Waals surface area contributed by atoms with E-state index < -0.39 is 0 Å². The van der Waals surface area contributed by atoms with Crippen molar-refractivity contribution in [2.75, 3.05) is 5.32 Å². The number of rotatable bonds is 5. The van der Waals surface area contributed by atoms with Crippen molar-refractivity contribution in [3.63, 3.8) is 0 Å². The summed E-state index contributed by atoms with van der Waals surface area (Å²) in [6.45, 7) is 6.07. The van der Waals surface area contributed by atoms with Gasteiger partial charge in [0, 0.05) is 16.6 Å². The van der Waals surface area contributed by atoms with Gasteiger partial charge in [-0.2, -0.15) is 0 Å². The predicted octanol–water partition coefficient (Wildman–Crippen LogP) is 5.20. The van der Waals surface area contributed by atoms with E-state index >= 15 is 0 Å². The third-order valence-corrected chi connectivity index (χ3v) is 6.04. The Kier molecular flexibility index (Phi) is 5.50. The molecule has 0 radical (unpaired) electrons. The molecule has 2 aromatic heterocycles. The first-order chi connectivity index (χ1) is 14.5. The summed E-state index contributed by atoms with van der Waals surface area (Å²) in [5.41, 5.74) is 4.51. The van der Waals surface area contributed by atoms with Gasteiger partial charge in [0.15, 0.2) is 0 Å². The zero-order valence-electron chi connectivity index (χ0n) is 17.2. The minimum Gasteiger partial charge on any atom is -0.324 e. The zero-order valence-corrected chi connectivity index (χ0v) is 18.0. The molecule has 0 saturated carbocycles. The summed E-state index contributed by atoms with van der Waals surface area (Å²) in [5, 5.41) is 5.50. The van der Waals surface area contributed by atoms with Gasteiger partial charge in [-0.3, -0.25) is 14.2 Å². The molecule has 152 valence electrons. The molecule has 0 fully saturated rings. The number of anilines is 1. The molecule has 6 heteroatoms. The fraction of sp³-hybridized carbons (Fsp3) is 0.208. The highest BCUT2D eigenvalue weighted by Gasteiger charge is 2.16. The van der Waals surface area contributed by atoms with Crippen LogP contribution in [0.25, 0.3) is 21.3 Å². The maximum absolute atomic E-state index is 13.2. The highest BCUT2D eigenvalue weighted by Crippen LogP contribution is 2.30. The largest absolute Gasteiger partial charge is 0.324 e. The van der Waals surface area contributed by atoms with Crippen molar-refractivity contribution in [3.05, 3.63) is 81.7 Å².